The first-order valence-corrected chi connectivity index (χ1v) is 7.77. The number of amides is 2. The Morgan fingerprint density at radius 3 is 2.18 bits per heavy atom. The number of hydrogen-bond donors (Lipinski definition) is 2. The Bertz CT molecular complexity index is 680. The van der Waals surface area contributed by atoms with E-state index < -0.39 is 0 Å². The van der Waals surface area contributed by atoms with E-state index in [1.54, 1.807) is 0 Å². The van der Waals surface area contributed by atoms with E-state index in [1.807, 2.05) is 50.2 Å². The Kier molecular flexibility index (Phi) is 5.53. The summed E-state index contributed by atoms with van der Waals surface area (Å²) in [6, 6.07) is 11.6. The van der Waals surface area contributed by atoms with Gasteiger partial charge in [-0.15, -0.1) is 0 Å². The summed E-state index contributed by atoms with van der Waals surface area (Å²) >= 11 is 0. The molecule has 0 aromatic heterocycles. The van der Waals surface area contributed by atoms with Crippen LogP contribution in [0.1, 0.15) is 39.5 Å². The van der Waals surface area contributed by atoms with Crippen molar-refractivity contribution in [2.75, 3.05) is 10.6 Å². The fourth-order valence-corrected chi connectivity index (χ4v) is 2.38. The van der Waals surface area contributed by atoms with E-state index in [4.69, 9.17) is 0 Å². The van der Waals surface area contributed by atoms with Gasteiger partial charge in [0.15, 0.2) is 0 Å². The average Bonchev–Trinajstić information content (AvgIpc) is 2.50. The highest BCUT2D eigenvalue weighted by Gasteiger charge is 2.12. The zero-order chi connectivity index (χ0) is 15.9. The van der Waals surface area contributed by atoms with Gasteiger partial charge in [0.25, 0.3) is 0 Å². The van der Waals surface area contributed by atoms with Gasteiger partial charge in [0.2, 0.25) is 11.8 Å². The van der Waals surface area contributed by atoms with Gasteiger partial charge in [-0.3, -0.25) is 9.59 Å². The number of carbonyl (C=O) groups excluding carboxylic acids is 2. The zero-order valence-electron chi connectivity index (χ0n) is 13.1. The summed E-state index contributed by atoms with van der Waals surface area (Å²) in [5, 5.41) is 7.81. The van der Waals surface area contributed by atoms with Crippen LogP contribution < -0.4 is 10.6 Å². The van der Waals surface area contributed by atoms with Crippen LogP contribution in [-0.4, -0.2) is 11.8 Å². The molecule has 0 unspecified atom stereocenters. The molecule has 0 saturated carbocycles. The molecule has 0 spiro atoms. The third-order valence-electron chi connectivity index (χ3n) is 3.42. The topological polar surface area (TPSA) is 58.2 Å². The molecular formula is C18H22N2O2. The predicted octanol–water partition coefficient (Wildman–Crippen LogP) is 4.32. The Hall–Kier alpha value is -2.36. The number of nitrogens with one attached hydrogen (secondary N) is 2. The van der Waals surface area contributed by atoms with Gasteiger partial charge in [-0.1, -0.05) is 44.2 Å². The van der Waals surface area contributed by atoms with Crippen molar-refractivity contribution in [3.63, 3.8) is 0 Å². The highest BCUT2D eigenvalue weighted by molar-refractivity contribution is 6.09. The molecule has 0 bridgehead atoms. The van der Waals surface area contributed by atoms with E-state index in [1.165, 1.54) is 0 Å². The molecule has 0 aliphatic carbocycles. The number of fused-ring (bicyclic) bond motifs is 1. The fraction of sp³-hybridized carbons (Fsp3) is 0.333. The minimum atomic E-state index is -0.0382. The molecule has 2 rings (SSSR count). The lowest BCUT2D eigenvalue weighted by Gasteiger charge is -2.15. The minimum absolute atomic E-state index is 0.0372. The van der Waals surface area contributed by atoms with E-state index in [-0.39, 0.29) is 11.8 Å². The molecule has 2 amide bonds. The Morgan fingerprint density at radius 2 is 1.50 bits per heavy atom. The Morgan fingerprint density at radius 1 is 0.864 bits per heavy atom. The van der Waals surface area contributed by atoms with Gasteiger partial charge < -0.3 is 10.6 Å². The lowest BCUT2D eigenvalue weighted by atomic mass is 10.1. The monoisotopic (exact) mass is 298 g/mol. The molecule has 0 fully saturated rings. The Labute approximate surface area is 130 Å². The van der Waals surface area contributed by atoms with Crippen molar-refractivity contribution in [1.29, 1.82) is 0 Å². The number of hydrogen-bond acceptors (Lipinski definition) is 2. The summed E-state index contributed by atoms with van der Waals surface area (Å²) in [7, 11) is 0. The Balaban J connectivity index is 2.41. The van der Waals surface area contributed by atoms with Gasteiger partial charge in [0, 0.05) is 18.2 Å². The van der Waals surface area contributed by atoms with Crippen LogP contribution in [0.25, 0.3) is 10.8 Å². The minimum Gasteiger partial charge on any atom is -0.324 e. The summed E-state index contributed by atoms with van der Waals surface area (Å²) in [5.41, 5.74) is 1.34. The van der Waals surface area contributed by atoms with Crippen molar-refractivity contribution in [2.24, 2.45) is 0 Å². The van der Waals surface area contributed by atoms with Gasteiger partial charge in [-0.2, -0.15) is 0 Å². The number of anilines is 2. The van der Waals surface area contributed by atoms with Crippen molar-refractivity contribution >= 4 is 34.0 Å². The molecule has 2 aromatic carbocycles. The van der Waals surface area contributed by atoms with Crippen LogP contribution in [0.15, 0.2) is 36.4 Å². The molecule has 0 saturated heterocycles. The lowest BCUT2D eigenvalue weighted by molar-refractivity contribution is -0.117. The zero-order valence-corrected chi connectivity index (χ0v) is 13.1. The molecule has 0 aliphatic heterocycles. The molecule has 4 nitrogen and oxygen atoms in total. The highest BCUT2D eigenvalue weighted by Crippen LogP contribution is 2.32. The van der Waals surface area contributed by atoms with Crippen molar-refractivity contribution < 1.29 is 9.59 Å². The maximum absolute atomic E-state index is 12.0. The lowest BCUT2D eigenvalue weighted by Crippen LogP contribution is -2.16. The molecule has 0 aliphatic rings. The van der Waals surface area contributed by atoms with Crippen molar-refractivity contribution in [3.8, 4) is 0 Å². The van der Waals surface area contributed by atoms with Crippen molar-refractivity contribution in [1.82, 2.24) is 0 Å². The summed E-state index contributed by atoms with van der Waals surface area (Å²) < 4.78 is 0. The molecule has 2 aromatic rings. The third-order valence-corrected chi connectivity index (χ3v) is 3.42. The molecule has 0 atom stereocenters. The van der Waals surface area contributed by atoms with E-state index in [9.17, 15) is 9.59 Å². The van der Waals surface area contributed by atoms with Gasteiger partial charge in [0.1, 0.15) is 0 Å². The largest absolute Gasteiger partial charge is 0.324 e. The van der Waals surface area contributed by atoms with E-state index in [2.05, 4.69) is 10.6 Å². The second-order valence-corrected chi connectivity index (χ2v) is 5.31. The normalized spacial score (nSPS) is 10.5. The van der Waals surface area contributed by atoms with Crippen LogP contribution in [-0.2, 0) is 9.59 Å². The predicted molar refractivity (Wildman–Crippen MR) is 91.0 cm³/mol. The molecule has 22 heavy (non-hydrogen) atoms. The summed E-state index contributed by atoms with van der Waals surface area (Å²) in [5.74, 6) is -0.0754. The second kappa shape index (κ2) is 7.59. The van der Waals surface area contributed by atoms with E-state index in [0.717, 1.165) is 23.6 Å². The molecule has 116 valence electrons. The average molecular weight is 298 g/mol. The first-order chi connectivity index (χ1) is 10.7. The van der Waals surface area contributed by atoms with Crippen LogP contribution in [0.3, 0.4) is 0 Å². The van der Waals surface area contributed by atoms with E-state index in [0.29, 0.717) is 24.2 Å². The van der Waals surface area contributed by atoms with Crippen LogP contribution in [0.2, 0.25) is 0 Å². The van der Waals surface area contributed by atoms with Crippen LogP contribution in [0.4, 0.5) is 11.4 Å². The number of rotatable bonds is 6. The molecule has 0 radical (unpaired) electrons. The van der Waals surface area contributed by atoms with E-state index >= 15 is 0 Å². The van der Waals surface area contributed by atoms with Gasteiger partial charge >= 0.3 is 0 Å². The fourth-order valence-electron chi connectivity index (χ4n) is 2.38. The SMILES string of the molecule is CCCC(=O)Nc1ccc2ccccc2c1NC(=O)CCC. The molecule has 0 heterocycles. The highest BCUT2D eigenvalue weighted by atomic mass is 16.2. The maximum atomic E-state index is 12.0. The first kappa shape index (κ1) is 16.0. The smallest absolute Gasteiger partial charge is 0.224 e. The first-order valence-electron chi connectivity index (χ1n) is 7.77. The summed E-state index contributed by atoms with van der Waals surface area (Å²) in [6.07, 6.45) is 2.51. The van der Waals surface area contributed by atoms with Crippen LogP contribution in [0, 0.1) is 0 Å². The standard InChI is InChI=1S/C18H22N2O2/c1-3-7-16(21)19-15-12-11-13-9-5-6-10-14(13)18(15)20-17(22)8-4-2/h5-6,9-12H,3-4,7-8H2,1-2H3,(H,19,21)(H,20,22). The van der Waals surface area contributed by atoms with Crippen molar-refractivity contribution in [3.05, 3.63) is 36.4 Å². The summed E-state index contributed by atoms with van der Waals surface area (Å²) in [6.45, 7) is 3.93. The number of benzene rings is 2. The summed E-state index contributed by atoms with van der Waals surface area (Å²) in [4.78, 5) is 23.9. The maximum Gasteiger partial charge on any atom is 0.224 e. The third kappa shape index (κ3) is 3.85. The quantitative estimate of drug-likeness (QED) is 0.834. The molecular weight excluding hydrogens is 276 g/mol. The van der Waals surface area contributed by atoms with Gasteiger partial charge in [-0.25, -0.2) is 0 Å². The van der Waals surface area contributed by atoms with Gasteiger partial charge in [-0.05, 0) is 24.3 Å². The number of carbonyl (C=O) groups is 2. The van der Waals surface area contributed by atoms with Gasteiger partial charge in [0.05, 0.1) is 11.4 Å². The second-order valence-electron chi connectivity index (χ2n) is 5.31. The molecule has 2 N–H and O–H groups in total. The van der Waals surface area contributed by atoms with Crippen molar-refractivity contribution in [2.45, 2.75) is 39.5 Å². The molecule has 4 heteroatoms. The van der Waals surface area contributed by atoms with Crippen LogP contribution in [0.5, 0.6) is 0 Å². The van der Waals surface area contributed by atoms with Crippen LogP contribution >= 0.6 is 0 Å².